The van der Waals surface area contributed by atoms with Gasteiger partial charge in [0.05, 0.1) is 0 Å². The molecule has 0 atom stereocenters. The molecule has 1 amide bonds. The molecule has 0 aliphatic rings. The maximum Gasteiger partial charge on any atom is 0.246 e. The van der Waals surface area contributed by atoms with Crippen molar-refractivity contribution in [2.24, 2.45) is 0 Å². The lowest BCUT2D eigenvalue weighted by Crippen LogP contribution is -2.44. The Morgan fingerprint density at radius 1 is 1.28 bits per heavy atom. The second-order valence-corrected chi connectivity index (χ2v) is 8.85. The predicted molar refractivity (Wildman–Crippen MR) is 94.9 cm³/mol. The summed E-state index contributed by atoms with van der Waals surface area (Å²) in [6, 6.07) is 6.66. The largest absolute Gasteiger partial charge is 0.309 e. The van der Waals surface area contributed by atoms with Crippen LogP contribution in [0, 0.1) is 5.82 Å². The van der Waals surface area contributed by atoms with E-state index in [0.29, 0.717) is 0 Å². The third kappa shape index (κ3) is 3.82. The van der Waals surface area contributed by atoms with Gasteiger partial charge in [0.2, 0.25) is 5.91 Å². The lowest BCUT2D eigenvalue weighted by molar-refractivity contribution is -0.117. The molecule has 1 aromatic carbocycles. The topological polar surface area (TPSA) is 76.1 Å². The molecular formula is C17H18ClFN2O3S. The summed E-state index contributed by atoms with van der Waals surface area (Å²) in [5.74, 6) is -1.56. The normalized spacial score (nSPS) is 12.0. The maximum atomic E-state index is 14.1. The van der Waals surface area contributed by atoms with Crippen molar-refractivity contribution < 1.29 is 17.6 Å². The minimum Gasteiger partial charge on any atom is -0.309 e. The number of nitrogens with zero attached hydrogens (tertiary/aromatic N) is 1. The number of halogens is 2. The first kappa shape index (κ1) is 19.3. The third-order valence-corrected chi connectivity index (χ3v) is 6.55. The van der Waals surface area contributed by atoms with Crippen molar-refractivity contribution in [2.45, 2.75) is 36.8 Å². The molecular weight excluding hydrogens is 367 g/mol. The van der Waals surface area contributed by atoms with Crippen LogP contribution in [0.4, 0.5) is 10.2 Å². The van der Waals surface area contributed by atoms with Crippen molar-refractivity contribution in [1.82, 2.24) is 4.98 Å². The SMILES string of the molecule is CCc1ccnc(NC(=O)C(C)(C)S(=O)(=O)c2ccc(Cl)cc2F)c1. The molecule has 0 saturated heterocycles. The fourth-order valence-electron chi connectivity index (χ4n) is 2.12. The van der Waals surface area contributed by atoms with Gasteiger partial charge < -0.3 is 5.32 Å². The highest BCUT2D eigenvalue weighted by Gasteiger charge is 2.44. The number of carbonyl (C=O) groups excluding carboxylic acids is 1. The van der Waals surface area contributed by atoms with Crippen molar-refractivity contribution in [3.63, 3.8) is 0 Å². The average Bonchev–Trinajstić information content (AvgIpc) is 2.54. The number of aromatic nitrogens is 1. The van der Waals surface area contributed by atoms with Gasteiger partial charge in [-0.3, -0.25) is 4.79 Å². The molecule has 0 fully saturated rings. The Labute approximate surface area is 151 Å². The van der Waals surface area contributed by atoms with Crippen LogP contribution in [0.15, 0.2) is 41.4 Å². The van der Waals surface area contributed by atoms with Crippen LogP contribution in [-0.4, -0.2) is 24.1 Å². The predicted octanol–water partition coefficient (Wildman–Crippen LogP) is 3.63. The van der Waals surface area contributed by atoms with Gasteiger partial charge in [0.1, 0.15) is 21.3 Å². The van der Waals surface area contributed by atoms with E-state index in [4.69, 9.17) is 11.6 Å². The summed E-state index contributed by atoms with van der Waals surface area (Å²) in [5, 5.41) is 2.55. The molecule has 1 aromatic heterocycles. The number of nitrogens with one attached hydrogen (secondary N) is 1. The van der Waals surface area contributed by atoms with Gasteiger partial charge in [0.25, 0.3) is 0 Å². The fourth-order valence-corrected chi connectivity index (χ4v) is 3.69. The zero-order valence-corrected chi connectivity index (χ0v) is 15.6. The lowest BCUT2D eigenvalue weighted by Gasteiger charge is -2.24. The van der Waals surface area contributed by atoms with Gasteiger partial charge in [0.15, 0.2) is 9.84 Å². The van der Waals surface area contributed by atoms with Gasteiger partial charge in [-0.05, 0) is 56.2 Å². The highest BCUT2D eigenvalue weighted by Crippen LogP contribution is 2.30. The molecule has 0 aliphatic carbocycles. The van der Waals surface area contributed by atoms with E-state index in [1.165, 1.54) is 26.1 Å². The van der Waals surface area contributed by atoms with E-state index >= 15 is 0 Å². The highest BCUT2D eigenvalue weighted by atomic mass is 35.5. The van der Waals surface area contributed by atoms with Crippen LogP contribution in [0.25, 0.3) is 0 Å². The Balaban J connectivity index is 2.36. The number of pyridine rings is 1. The monoisotopic (exact) mass is 384 g/mol. The van der Waals surface area contributed by atoms with Crippen molar-refractivity contribution >= 4 is 33.2 Å². The minimum atomic E-state index is -4.29. The maximum absolute atomic E-state index is 14.1. The van der Waals surface area contributed by atoms with Crippen molar-refractivity contribution in [3.05, 3.63) is 52.9 Å². The number of sulfone groups is 1. The molecule has 2 rings (SSSR count). The Morgan fingerprint density at radius 2 is 1.96 bits per heavy atom. The molecule has 0 radical (unpaired) electrons. The molecule has 8 heteroatoms. The average molecular weight is 385 g/mol. The molecule has 1 heterocycles. The zero-order chi connectivity index (χ0) is 18.8. The second-order valence-electron chi connectivity index (χ2n) is 5.95. The van der Waals surface area contributed by atoms with Gasteiger partial charge in [0, 0.05) is 11.2 Å². The van der Waals surface area contributed by atoms with Crippen LogP contribution in [0.3, 0.4) is 0 Å². The standard InChI is InChI=1S/C17H18ClFN2O3S/c1-4-11-7-8-20-15(9-11)21-16(22)17(2,3)25(23,24)14-6-5-12(18)10-13(14)19/h5-10H,4H2,1-3H3,(H,20,21,22). The molecule has 1 N–H and O–H groups in total. The first-order valence-corrected chi connectivity index (χ1v) is 9.41. The number of hydrogen-bond acceptors (Lipinski definition) is 4. The summed E-state index contributed by atoms with van der Waals surface area (Å²) in [6.45, 7) is 4.38. The molecule has 25 heavy (non-hydrogen) atoms. The van der Waals surface area contributed by atoms with Gasteiger partial charge in [-0.15, -0.1) is 0 Å². The van der Waals surface area contributed by atoms with Crippen molar-refractivity contribution in [2.75, 3.05) is 5.32 Å². The molecule has 0 spiro atoms. The minimum absolute atomic E-state index is 0.0688. The van der Waals surface area contributed by atoms with Gasteiger partial charge >= 0.3 is 0 Å². The van der Waals surface area contributed by atoms with Crippen LogP contribution >= 0.6 is 11.6 Å². The quantitative estimate of drug-likeness (QED) is 0.854. The van der Waals surface area contributed by atoms with E-state index in [-0.39, 0.29) is 10.8 Å². The van der Waals surface area contributed by atoms with E-state index in [0.717, 1.165) is 24.1 Å². The third-order valence-electron chi connectivity index (χ3n) is 3.88. The smallest absolute Gasteiger partial charge is 0.246 e. The number of rotatable bonds is 5. The van der Waals surface area contributed by atoms with Crippen LogP contribution in [0.2, 0.25) is 5.02 Å². The number of aryl methyl sites for hydroxylation is 1. The Kier molecular flexibility index (Phi) is 5.49. The Hall–Kier alpha value is -1.99. The number of hydrogen-bond donors (Lipinski definition) is 1. The number of amides is 1. The fraction of sp³-hybridized carbons (Fsp3) is 0.294. The van der Waals surface area contributed by atoms with Crippen LogP contribution in [0.1, 0.15) is 26.3 Å². The van der Waals surface area contributed by atoms with E-state index < -0.39 is 31.2 Å². The van der Waals surface area contributed by atoms with Crippen LogP contribution in [0.5, 0.6) is 0 Å². The number of benzene rings is 1. The molecule has 0 aliphatic heterocycles. The van der Waals surface area contributed by atoms with Gasteiger partial charge in [-0.25, -0.2) is 17.8 Å². The molecule has 0 unspecified atom stereocenters. The second kappa shape index (κ2) is 7.09. The van der Waals surface area contributed by atoms with Gasteiger partial charge in [-0.2, -0.15) is 0 Å². The highest BCUT2D eigenvalue weighted by molar-refractivity contribution is 7.93. The van der Waals surface area contributed by atoms with E-state index in [9.17, 15) is 17.6 Å². The summed E-state index contributed by atoms with van der Waals surface area (Å²) in [5.41, 5.74) is 0.940. The van der Waals surface area contributed by atoms with Gasteiger partial charge in [-0.1, -0.05) is 18.5 Å². The number of carbonyl (C=O) groups is 1. The number of anilines is 1. The van der Waals surface area contributed by atoms with E-state index in [2.05, 4.69) is 10.3 Å². The first-order chi connectivity index (χ1) is 11.6. The van der Waals surface area contributed by atoms with E-state index in [1.807, 2.05) is 6.92 Å². The molecule has 5 nitrogen and oxygen atoms in total. The van der Waals surface area contributed by atoms with Crippen molar-refractivity contribution in [1.29, 1.82) is 0 Å². The van der Waals surface area contributed by atoms with E-state index in [1.54, 1.807) is 12.1 Å². The van der Waals surface area contributed by atoms with Crippen molar-refractivity contribution in [3.8, 4) is 0 Å². The molecule has 134 valence electrons. The lowest BCUT2D eigenvalue weighted by atomic mass is 10.2. The summed E-state index contributed by atoms with van der Waals surface area (Å²) in [7, 11) is -4.29. The first-order valence-electron chi connectivity index (χ1n) is 7.55. The summed E-state index contributed by atoms with van der Waals surface area (Å²) >= 11 is 5.66. The zero-order valence-electron chi connectivity index (χ0n) is 14.0. The van der Waals surface area contributed by atoms with Crippen LogP contribution < -0.4 is 5.32 Å². The molecule has 0 bridgehead atoms. The molecule has 0 saturated carbocycles. The Bertz CT molecular complexity index is 914. The summed E-state index contributed by atoms with van der Waals surface area (Å²) < 4.78 is 37.7. The van der Waals surface area contributed by atoms with Crippen LogP contribution in [-0.2, 0) is 21.1 Å². The summed E-state index contributed by atoms with van der Waals surface area (Å²) in [6.07, 6.45) is 2.26. The molecule has 2 aromatic rings. The summed E-state index contributed by atoms with van der Waals surface area (Å²) in [4.78, 5) is 16.0. The Morgan fingerprint density at radius 3 is 2.56 bits per heavy atom.